The Labute approximate surface area is 187 Å². The number of anilines is 2. The summed E-state index contributed by atoms with van der Waals surface area (Å²) in [6.07, 6.45) is 3.18. The van der Waals surface area contributed by atoms with Crippen LogP contribution in [0.25, 0.3) is 0 Å². The topological polar surface area (TPSA) is 110 Å². The summed E-state index contributed by atoms with van der Waals surface area (Å²) in [5.41, 5.74) is 1.26. The number of hydrogen-bond acceptors (Lipinski definition) is 8. The van der Waals surface area contributed by atoms with E-state index < -0.39 is 5.97 Å². The molecule has 0 radical (unpaired) electrons. The van der Waals surface area contributed by atoms with Crippen molar-refractivity contribution in [3.05, 3.63) is 64.8 Å². The van der Waals surface area contributed by atoms with Crippen LogP contribution in [-0.4, -0.2) is 40.1 Å². The number of aromatic nitrogens is 2. The molecule has 0 spiro atoms. The van der Waals surface area contributed by atoms with Crippen LogP contribution in [0, 0.1) is 6.92 Å². The normalized spacial score (nSPS) is 10.4. The summed E-state index contributed by atoms with van der Waals surface area (Å²) < 4.78 is 5.13. The number of nitrogens with zero attached hydrogens (tertiary/aromatic N) is 2. The van der Waals surface area contributed by atoms with Gasteiger partial charge in [-0.1, -0.05) is 30.0 Å². The van der Waals surface area contributed by atoms with Crippen LogP contribution >= 0.6 is 23.1 Å². The van der Waals surface area contributed by atoms with Crippen molar-refractivity contribution in [3.63, 3.8) is 0 Å². The maximum absolute atomic E-state index is 12.8. The lowest BCUT2D eigenvalue weighted by molar-refractivity contribution is -0.113. The molecular weight excluding hydrogens is 436 g/mol. The van der Waals surface area contributed by atoms with Gasteiger partial charge in [0.1, 0.15) is 5.00 Å². The lowest BCUT2D eigenvalue weighted by Crippen LogP contribution is -2.16. The van der Waals surface area contributed by atoms with Gasteiger partial charge in [-0.05, 0) is 37.6 Å². The van der Waals surface area contributed by atoms with Gasteiger partial charge in [-0.25, -0.2) is 14.8 Å². The molecule has 3 aromatic rings. The van der Waals surface area contributed by atoms with E-state index in [1.807, 2.05) is 6.07 Å². The van der Waals surface area contributed by atoms with Gasteiger partial charge in [0.25, 0.3) is 5.91 Å². The predicted molar refractivity (Wildman–Crippen MR) is 121 cm³/mol. The van der Waals surface area contributed by atoms with Crippen LogP contribution in [0.3, 0.4) is 0 Å². The number of hydrogen-bond donors (Lipinski definition) is 2. The molecule has 10 heteroatoms. The van der Waals surface area contributed by atoms with Gasteiger partial charge in [-0.3, -0.25) is 9.59 Å². The van der Waals surface area contributed by atoms with Gasteiger partial charge in [0.05, 0.1) is 22.8 Å². The van der Waals surface area contributed by atoms with Crippen molar-refractivity contribution in [2.24, 2.45) is 0 Å². The summed E-state index contributed by atoms with van der Waals surface area (Å²) in [4.78, 5) is 46.2. The van der Waals surface area contributed by atoms with Crippen LogP contribution < -0.4 is 10.6 Å². The summed E-state index contributed by atoms with van der Waals surface area (Å²) >= 11 is 2.20. The highest BCUT2D eigenvalue weighted by Crippen LogP contribution is 2.34. The molecule has 31 heavy (non-hydrogen) atoms. The van der Waals surface area contributed by atoms with Crippen LogP contribution in [0.1, 0.15) is 32.5 Å². The molecule has 160 valence electrons. The maximum Gasteiger partial charge on any atom is 0.341 e. The van der Waals surface area contributed by atoms with E-state index in [-0.39, 0.29) is 34.7 Å². The Bertz CT molecular complexity index is 1070. The first-order valence-corrected chi connectivity index (χ1v) is 11.2. The van der Waals surface area contributed by atoms with E-state index in [4.69, 9.17) is 4.74 Å². The number of ether oxygens (including phenoxy) is 1. The monoisotopic (exact) mass is 456 g/mol. The molecule has 0 aliphatic rings. The summed E-state index contributed by atoms with van der Waals surface area (Å²) in [7, 11) is 0. The lowest BCUT2D eigenvalue weighted by atomic mass is 10.1. The largest absolute Gasteiger partial charge is 0.462 e. The fourth-order valence-electron chi connectivity index (χ4n) is 2.63. The summed E-state index contributed by atoms with van der Waals surface area (Å²) in [6, 6.07) is 10.7. The molecule has 2 amide bonds. The number of para-hydroxylation sites is 1. The van der Waals surface area contributed by atoms with Crippen LogP contribution in [-0.2, 0) is 9.53 Å². The third-order valence-corrected chi connectivity index (χ3v) is 6.07. The third-order valence-electron chi connectivity index (χ3n) is 3.99. The Morgan fingerprint density at radius 2 is 1.77 bits per heavy atom. The van der Waals surface area contributed by atoms with E-state index in [9.17, 15) is 14.4 Å². The molecule has 2 heterocycles. The number of nitrogens with one attached hydrogen (secondary N) is 2. The molecule has 0 atom stereocenters. The zero-order valence-electron chi connectivity index (χ0n) is 16.9. The zero-order valence-corrected chi connectivity index (χ0v) is 18.5. The second-order valence-corrected chi connectivity index (χ2v) is 8.13. The fourth-order valence-corrected chi connectivity index (χ4v) is 4.34. The Morgan fingerprint density at radius 3 is 2.45 bits per heavy atom. The SMILES string of the molecule is CCOC(=O)c1c(NC(=O)CSc2ncccn2)sc(C(=O)Nc2ccccc2)c1C. The molecule has 2 N–H and O–H groups in total. The van der Waals surface area contributed by atoms with E-state index in [0.29, 0.717) is 21.3 Å². The highest BCUT2D eigenvalue weighted by Gasteiger charge is 2.26. The van der Waals surface area contributed by atoms with Crippen LogP contribution in [0.15, 0.2) is 53.9 Å². The molecule has 2 aromatic heterocycles. The molecule has 3 rings (SSSR count). The molecule has 0 saturated heterocycles. The molecule has 0 aliphatic heterocycles. The van der Waals surface area contributed by atoms with Gasteiger partial charge in [0.2, 0.25) is 5.91 Å². The molecule has 0 fully saturated rings. The van der Waals surface area contributed by atoms with Gasteiger partial charge in [0.15, 0.2) is 5.16 Å². The predicted octanol–water partition coefficient (Wildman–Crippen LogP) is 4.01. The van der Waals surface area contributed by atoms with Gasteiger partial charge in [-0.2, -0.15) is 0 Å². The van der Waals surface area contributed by atoms with Crippen LogP contribution in [0.4, 0.5) is 10.7 Å². The first-order chi connectivity index (χ1) is 15.0. The molecule has 0 aliphatic carbocycles. The molecule has 1 aromatic carbocycles. The average Bonchev–Trinajstić information content (AvgIpc) is 3.09. The van der Waals surface area contributed by atoms with E-state index >= 15 is 0 Å². The minimum atomic E-state index is -0.593. The summed E-state index contributed by atoms with van der Waals surface area (Å²) in [5, 5.41) is 6.26. The van der Waals surface area contributed by atoms with Crippen molar-refractivity contribution in [1.82, 2.24) is 9.97 Å². The van der Waals surface area contributed by atoms with Gasteiger partial charge in [-0.15, -0.1) is 11.3 Å². The number of thiophene rings is 1. The second-order valence-electron chi connectivity index (χ2n) is 6.17. The average molecular weight is 457 g/mol. The molecule has 8 nitrogen and oxygen atoms in total. The van der Waals surface area contributed by atoms with Gasteiger partial charge >= 0.3 is 5.97 Å². The molecular formula is C21H20N4O4S2. The summed E-state index contributed by atoms with van der Waals surface area (Å²) in [6.45, 7) is 3.52. The minimum Gasteiger partial charge on any atom is -0.462 e. The number of rotatable bonds is 8. The molecule has 0 saturated carbocycles. The highest BCUT2D eigenvalue weighted by atomic mass is 32.2. The Balaban J connectivity index is 1.80. The number of carbonyl (C=O) groups excluding carboxylic acids is 3. The van der Waals surface area contributed by atoms with E-state index in [2.05, 4.69) is 20.6 Å². The third kappa shape index (κ3) is 5.89. The van der Waals surface area contributed by atoms with E-state index in [1.165, 1.54) is 11.8 Å². The van der Waals surface area contributed by atoms with Crippen LogP contribution in [0.5, 0.6) is 0 Å². The van der Waals surface area contributed by atoms with Crippen molar-refractivity contribution < 1.29 is 19.1 Å². The Kier molecular flexibility index (Phi) is 7.74. The maximum atomic E-state index is 12.8. The van der Waals surface area contributed by atoms with Crippen molar-refractivity contribution in [1.29, 1.82) is 0 Å². The van der Waals surface area contributed by atoms with Crippen molar-refractivity contribution in [2.45, 2.75) is 19.0 Å². The second kappa shape index (κ2) is 10.7. The number of benzene rings is 1. The van der Waals surface area contributed by atoms with Gasteiger partial charge < -0.3 is 15.4 Å². The van der Waals surface area contributed by atoms with E-state index in [1.54, 1.807) is 56.6 Å². The molecule has 0 unspecified atom stereocenters. The number of thioether (sulfide) groups is 1. The number of esters is 1. The lowest BCUT2D eigenvalue weighted by Gasteiger charge is -2.07. The van der Waals surface area contributed by atoms with Crippen molar-refractivity contribution in [3.8, 4) is 0 Å². The fraction of sp³-hybridized carbons (Fsp3) is 0.190. The number of carbonyl (C=O) groups is 3. The van der Waals surface area contributed by atoms with Crippen molar-refractivity contribution >= 4 is 51.6 Å². The first kappa shape index (κ1) is 22.4. The number of amides is 2. The standard InChI is InChI=1S/C21H20N4O4S2/c1-3-29-20(28)16-13(2)17(18(27)24-14-8-5-4-6-9-14)31-19(16)25-15(26)12-30-21-22-10-7-11-23-21/h4-11H,3,12H2,1-2H3,(H,24,27)(H,25,26). The van der Waals surface area contributed by atoms with Crippen LogP contribution in [0.2, 0.25) is 0 Å². The minimum absolute atomic E-state index is 0.0504. The zero-order chi connectivity index (χ0) is 22.2. The highest BCUT2D eigenvalue weighted by molar-refractivity contribution is 7.99. The van der Waals surface area contributed by atoms with Crippen molar-refractivity contribution in [2.75, 3.05) is 23.0 Å². The smallest absolute Gasteiger partial charge is 0.341 e. The quantitative estimate of drug-likeness (QED) is 0.299. The first-order valence-electron chi connectivity index (χ1n) is 9.36. The summed E-state index contributed by atoms with van der Waals surface area (Å²) in [5.74, 6) is -1.26. The van der Waals surface area contributed by atoms with Gasteiger partial charge in [0, 0.05) is 18.1 Å². The molecule has 0 bridgehead atoms. The van der Waals surface area contributed by atoms with E-state index in [0.717, 1.165) is 11.3 Å². The Hall–Kier alpha value is -3.24. The Morgan fingerprint density at radius 1 is 1.06 bits per heavy atom.